The molecule has 0 bridgehead atoms. The van der Waals surface area contributed by atoms with Crippen molar-refractivity contribution >= 4 is 12.4 Å². The van der Waals surface area contributed by atoms with Gasteiger partial charge in [-0.1, -0.05) is 0 Å². The van der Waals surface area contributed by atoms with Crippen LogP contribution in [0.2, 0.25) is 0 Å². The topological polar surface area (TPSA) is 0 Å². The largest absolute Gasteiger partial charge is 1.00 e. The number of hydrogen-bond acceptors (Lipinski definition) is 0. The van der Waals surface area contributed by atoms with Gasteiger partial charge in [0.1, 0.15) is 0 Å². The number of rotatable bonds is 0. The molecule has 37 valence electrons. The van der Waals surface area contributed by atoms with Crippen molar-refractivity contribution in [1.29, 1.82) is 0 Å². The molecule has 0 fully saturated rings. The van der Waals surface area contributed by atoms with Crippen LogP contribution >= 0.6 is 12.4 Å². The van der Waals surface area contributed by atoms with Gasteiger partial charge in [0, 0.05) is 18.6 Å². The van der Waals surface area contributed by atoms with Gasteiger partial charge in [0.05, 0.1) is 0 Å². The zero-order valence-electron chi connectivity index (χ0n) is 1.99. The molecule has 0 aromatic heterocycles. The van der Waals surface area contributed by atoms with Crippen molar-refractivity contribution in [2.45, 2.75) is 0 Å². The number of halogens is 4. The van der Waals surface area contributed by atoms with Gasteiger partial charge >= 0.3 is 0 Å². The van der Waals surface area contributed by atoms with Crippen LogP contribution in [0.5, 0.6) is 0 Å². The summed E-state index contributed by atoms with van der Waals surface area (Å²) in [5, 5.41) is 0. The molecule has 0 aromatic carbocycles. The van der Waals surface area contributed by atoms with E-state index in [1.54, 1.807) is 0 Å². The maximum Gasteiger partial charge on any atom is 0 e. The molecular weight excluding hydrogens is 193 g/mol. The zero-order chi connectivity index (χ0) is 0. The van der Waals surface area contributed by atoms with Crippen LogP contribution < -0.4 is 37.2 Å². The molecule has 0 unspecified atom stereocenters. The van der Waals surface area contributed by atoms with Gasteiger partial charge in [-0.05, 0) is 0 Å². The molecule has 0 saturated heterocycles. The first-order chi connectivity index (χ1) is 0. The fraction of sp³-hybridized carbons (Fsp3) is 0. The average molecular weight is 194 g/mol. The van der Waals surface area contributed by atoms with E-state index in [2.05, 4.69) is 0 Å². The third kappa shape index (κ3) is 26.5. The van der Waals surface area contributed by atoms with Crippen molar-refractivity contribution < 1.29 is 55.8 Å². The Labute approximate surface area is 68.0 Å². The fourth-order valence-electron chi connectivity index (χ4n) is 0. The Kier molecular flexibility index (Phi) is 622. The molecule has 0 aliphatic heterocycles. The second-order valence-corrected chi connectivity index (χ2v) is 0. The Morgan fingerprint density at radius 2 is 0.600 bits per heavy atom. The van der Waals surface area contributed by atoms with Crippen molar-refractivity contribution in [3.63, 3.8) is 0 Å². The second kappa shape index (κ2) is 42.5. The first-order valence-corrected chi connectivity index (χ1v) is 0. The van der Waals surface area contributed by atoms with Crippen LogP contribution in [0.15, 0.2) is 0 Å². The smallest absolute Gasteiger partial charge is 0 e. The molecule has 5 heteroatoms. The molecule has 5 heavy (non-hydrogen) atoms. The van der Waals surface area contributed by atoms with Gasteiger partial charge in [0.2, 0.25) is 0 Å². The molecule has 0 aliphatic rings. The summed E-state index contributed by atoms with van der Waals surface area (Å²) >= 11 is 0. The van der Waals surface area contributed by atoms with E-state index in [0.717, 1.165) is 0 Å². The molecule has 0 atom stereocenters. The standard InChI is InChI=1S/4ClH.V/h4*1H;/p-3. The van der Waals surface area contributed by atoms with E-state index in [0.29, 0.717) is 0 Å². The summed E-state index contributed by atoms with van der Waals surface area (Å²) in [6.07, 6.45) is 0. The van der Waals surface area contributed by atoms with Crippen LogP contribution in [-0.4, -0.2) is 0 Å². The van der Waals surface area contributed by atoms with Gasteiger partial charge in [0.15, 0.2) is 0 Å². The number of hydrogen-bond donors (Lipinski definition) is 0. The van der Waals surface area contributed by atoms with Crippen molar-refractivity contribution in [2.24, 2.45) is 0 Å². The SMILES string of the molecule is Cl.[Cl-].[Cl-].[Cl-].[V]. The molecule has 1 radical (unpaired) electrons. The van der Waals surface area contributed by atoms with Crippen molar-refractivity contribution in [1.82, 2.24) is 0 Å². The second-order valence-electron chi connectivity index (χ2n) is 0. The molecule has 0 aliphatic carbocycles. The fourth-order valence-corrected chi connectivity index (χ4v) is 0. The van der Waals surface area contributed by atoms with E-state index < -0.39 is 0 Å². The van der Waals surface area contributed by atoms with Gasteiger partial charge in [-0.25, -0.2) is 0 Å². The minimum absolute atomic E-state index is 0. The van der Waals surface area contributed by atoms with Crippen LogP contribution in [0, 0.1) is 0 Å². The quantitative estimate of drug-likeness (QED) is 0.359. The molecular formula is HCl4V-3. The first-order valence-electron chi connectivity index (χ1n) is 0. The summed E-state index contributed by atoms with van der Waals surface area (Å²) in [4.78, 5) is 0. The predicted molar refractivity (Wildman–Crippen MR) is 7.25 cm³/mol. The maximum atomic E-state index is 0. The summed E-state index contributed by atoms with van der Waals surface area (Å²) in [5.41, 5.74) is 0. The average Bonchev–Trinajstić information content (AvgIpc) is 0. The van der Waals surface area contributed by atoms with Crippen molar-refractivity contribution in [3.8, 4) is 0 Å². The van der Waals surface area contributed by atoms with Crippen LogP contribution in [0.25, 0.3) is 0 Å². The van der Waals surface area contributed by atoms with Gasteiger partial charge < -0.3 is 37.2 Å². The molecule has 0 rings (SSSR count). The minimum atomic E-state index is 0. The third-order valence-corrected chi connectivity index (χ3v) is 0. The summed E-state index contributed by atoms with van der Waals surface area (Å²) < 4.78 is 0. The molecule has 0 aromatic rings. The summed E-state index contributed by atoms with van der Waals surface area (Å²) in [7, 11) is 0. The molecule has 0 spiro atoms. The van der Waals surface area contributed by atoms with Crippen LogP contribution in [0.1, 0.15) is 0 Å². The van der Waals surface area contributed by atoms with Gasteiger partial charge in [0.25, 0.3) is 0 Å². The van der Waals surface area contributed by atoms with Crippen LogP contribution in [0.3, 0.4) is 0 Å². The molecule has 0 heterocycles. The van der Waals surface area contributed by atoms with Crippen molar-refractivity contribution in [3.05, 3.63) is 0 Å². The first kappa shape index (κ1) is 73.1. The van der Waals surface area contributed by atoms with E-state index in [1.807, 2.05) is 0 Å². The van der Waals surface area contributed by atoms with Crippen molar-refractivity contribution in [2.75, 3.05) is 0 Å². The maximum absolute atomic E-state index is 0. The summed E-state index contributed by atoms with van der Waals surface area (Å²) in [5.74, 6) is 0. The van der Waals surface area contributed by atoms with Crippen LogP contribution in [0.4, 0.5) is 0 Å². The Bertz CT molecular complexity index is 3.61. The van der Waals surface area contributed by atoms with Gasteiger partial charge in [-0.15, -0.1) is 12.4 Å². The van der Waals surface area contributed by atoms with Gasteiger partial charge in [-0.2, -0.15) is 0 Å². The Morgan fingerprint density at radius 3 is 0.600 bits per heavy atom. The normalized spacial score (nSPS) is 0. The predicted octanol–water partition coefficient (Wildman–Crippen LogP) is -8.57. The van der Waals surface area contributed by atoms with E-state index in [1.165, 1.54) is 0 Å². The summed E-state index contributed by atoms with van der Waals surface area (Å²) in [6.45, 7) is 0. The molecule has 0 saturated carbocycles. The van der Waals surface area contributed by atoms with E-state index in [-0.39, 0.29) is 68.2 Å². The van der Waals surface area contributed by atoms with Crippen LogP contribution in [-0.2, 0) is 18.6 Å². The third-order valence-electron chi connectivity index (χ3n) is 0. The van der Waals surface area contributed by atoms with Gasteiger partial charge in [-0.3, -0.25) is 0 Å². The molecule has 0 N–H and O–H groups in total. The Balaban J connectivity index is 0. The Hall–Kier alpha value is 1.74. The zero-order valence-corrected chi connectivity index (χ0v) is 6.47. The molecule has 0 amide bonds. The molecule has 0 nitrogen and oxygen atoms in total. The van der Waals surface area contributed by atoms with E-state index in [9.17, 15) is 0 Å². The van der Waals surface area contributed by atoms with E-state index in [4.69, 9.17) is 0 Å². The monoisotopic (exact) mass is 192 g/mol. The Morgan fingerprint density at radius 1 is 0.600 bits per heavy atom. The van der Waals surface area contributed by atoms with E-state index >= 15 is 0 Å². The minimum Gasteiger partial charge on any atom is -1.00 e. The summed E-state index contributed by atoms with van der Waals surface area (Å²) in [6, 6.07) is 0.